The number of hydrogen-bond donors (Lipinski definition) is 2. The molecule has 0 aromatic heterocycles. The highest BCUT2D eigenvalue weighted by Crippen LogP contribution is 2.40. The van der Waals surface area contributed by atoms with Crippen molar-refractivity contribution in [3.05, 3.63) is 35.4 Å². The van der Waals surface area contributed by atoms with Gasteiger partial charge < -0.3 is 29.2 Å². The van der Waals surface area contributed by atoms with Gasteiger partial charge in [-0.15, -0.1) is 0 Å². The number of phenolic OH excluding ortho intramolecular Hbond substituents is 2. The van der Waals surface area contributed by atoms with Crippen molar-refractivity contribution in [2.45, 2.75) is 0 Å². The number of ether oxygens (including phenoxy) is 4. The van der Waals surface area contributed by atoms with Crippen molar-refractivity contribution < 1.29 is 29.2 Å². The van der Waals surface area contributed by atoms with Gasteiger partial charge in [-0.05, 0) is 29.8 Å². The normalized spacial score (nSPS) is 10.7. The van der Waals surface area contributed by atoms with Crippen LogP contribution in [-0.4, -0.2) is 38.7 Å². The van der Waals surface area contributed by atoms with Crippen LogP contribution >= 0.6 is 0 Å². The topological polar surface area (TPSA) is 77.4 Å². The van der Waals surface area contributed by atoms with Crippen LogP contribution in [0.25, 0.3) is 12.2 Å². The minimum Gasteiger partial charge on any atom is -0.504 e. The van der Waals surface area contributed by atoms with E-state index in [4.69, 9.17) is 18.9 Å². The maximum absolute atomic E-state index is 10.0. The fourth-order valence-corrected chi connectivity index (χ4v) is 2.26. The number of aromatic hydroxyl groups is 2. The molecular formula is C18H20O6. The van der Waals surface area contributed by atoms with Crippen LogP contribution in [0.4, 0.5) is 0 Å². The molecule has 0 saturated heterocycles. The molecule has 6 nitrogen and oxygen atoms in total. The molecule has 0 aliphatic carbocycles. The van der Waals surface area contributed by atoms with E-state index in [1.165, 1.54) is 28.4 Å². The number of hydrogen-bond acceptors (Lipinski definition) is 6. The van der Waals surface area contributed by atoms with E-state index >= 15 is 0 Å². The molecule has 2 N–H and O–H groups in total. The summed E-state index contributed by atoms with van der Waals surface area (Å²) in [5.41, 5.74) is 1.22. The van der Waals surface area contributed by atoms with E-state index in [9.17, 15) is 10.2 Å². The molecule has 0 amide bonds. The van der Waals surface area contributed by atoms with E-state index in [1.807, 2.05) is 0 Å². The van der Waals surface area contributed by atoms with Crippen molar-refractivity contribution in [3.8, 4) is 34.5 Å². The largest absolute Gasteiger partial charge is 0.504 e. The van der Waals surface area contributed by atoms with Gasteiger partial charge in [0, 0.05) is 5.56 Å². The Morgan fingerprint density at radius 1 is 0.708 bits per heavy atom. The summed E-state index contributed by atoms with van der Waals surface area (Å²) in [6.45, 7) is 0. The molecule has 0 aliphatic heterocycles. The van der Waals surface area contributed by atoms with E-state index < -0.39 is 0 Å². The van der Waals surface area contributed by atoms with Gasteiger partial charge in [-0.2, -0.15) is 0 Å². The van der Waals surface area contributed by atoms with Crippen molar-refractivity contribution in [1.82, 2.24) is 0 Å². The summed E-state index contributed by atoms with van der Waals surface area (Å²) in [6, 6.07) is 6.77. The first-order chi connectivity index (χ1) is 11.5. The predicted molar refractivity (Wildman–Crippen MR) is 91.3 cm³/mol. The molecule has 24 heavy (non-hydrogen) atoms. The van der Waals surface area contributed by atoms with Crippen LogP contribution in [0.15, 0.2) is 24.3 Å². The second-order valence-electron chi connectivity index (χ2n) is 4.85. The van der Waals surface area contributed by atoms with Crippen molar-refractivity contribution in [2.24, 2.45) is 0 Å². The van der Waals surface area contributed by atoms with Gasteiger partial charge in [0.15, 0.2) is 23.0 Å². The highest BCUT2D eigenvalue weighted by atomic mass is 16.5. The maximum Gasteiger partial charge on any atom is 0.203 e. The average Bonchev–Trinajstić information content (AvgIpc) is 2.61. The zero-order chi connectivity index (χ0) is 17.7. The first-order valence-electron chi connectivity index (χ1n) is 7.12. The van der Waals surface area contributed by atoms with E-state index in [2.05, 4.69) is 0 Å². The summed E-state index contributed by atoms with van der Waals surface area (Å²) in [7, 11) is 6.03. The molecule has 0 radical (unpaired) electrons. The summed E-state index contributed by atoms with van der Waals surface area (Å²) in [5.74, 6) is 1.21. The third-order valence-electron chi connectivity index (χ3n) is 3.51. The molecule has 0 fully saturated rings. The van der Waals surface area contributed by atoms with Gasteiger partial charge in [0.2, 0.25) is 11.5 Å². The zero-order valence-corrected chi connectivity index (χ0v) is 14.0. The SMILES string of the molecule is COc1ccc(/C=C/c2cc(OC)c(OC)c(OC)c2)c(O)c1O. The Labute approximate surface area is 140 Å². The van der Waals surface area contributed by atoms with Crippen LogP contribution in [0.3, 0.4) is 0 Å². The Kier molecular flexibility index (Phi) is 5.42. The third-order valence-corrected chi connectivity index (χ3v) is 3.51. The van der Waals surface area contributed by atoms with Gasteiger partial charge in [0.1, 0.15) is 0 Å². The molecule has 2 aromatic carbocycles. The summed E-state index contributed by atoms with van der Waals surface area (Å²) < 4.78 is 20.8. The molecule has 128 valence electrons. The van der Waals surface area contributed by atoms with Crippen LogP contribution in [0, 0.1) is 0 Å². The smallest absolute Gasteiger partial charge is 0.203 e. The number of methoxy groups -OCH3 is 4. The Hall–Kier alpha value is -3.02. The maximum atomic E-state index is 10.0. The van der Waals surface area contributed by atoms with Crippen LogP contribution in [0.1, 0.15) is 11.1 Å². The van der Waals surface area contributed by atoms with Crippen molar-refractivity contribution in [3.63, 3.8) is 0 Å². The highest BCUT2D eigenvalue weighted by molar-refractivity contribution is 5.76. The van der Waals surface area contributed by atoms with Crippen LogP contribution in [-0.2, 0) is 0 Å². The molecule has 0 aliphatic rings. The standard InChI is InChI=1S/C18H20O6/c1-21-13-8-7-12(16(19)17(13)20)6-5-11-9-14(22-2)18(24-4)15(10-11)23-3/h5-10,19-20H,1-4H3/b6-5+. The predicted octanol–water partition coefficient (Wildman–Crippen LogP) is 3.30. The molecule has 0 heterocycles. The van der Waals surface area contributed by atoms with E-state index in [1.54, 1.807) is 36.4 Å². The minimum absolute atomic E-state index is 0.206. The van der Waals surface area contributed by atoms with Crippen molar-refractivity contribution in [2.75, 3.05) is 28.4 Å². The molecule has 0 unspecified atom stereocenters. The molecule has 0 saturated carbocycles. The first kappa shape index (κ1) is 17.3. The quantitative estimate of drug-likeness (QED) is 0.624. The van der Waals surface area contributed by atoms with E-state index in [-0.39, 0.29) is 17.2 Å². The summed E-state index contributed by atoms with van der Waals surface area (Å²) in [6.07, 6.45) is 3.42. The molecular weight excluding hydrogens is 312 g/mol. The van der Waals surface area contributed by atoms with Crippen molar-refractivity contribution >= 4 is 12.2 Å². The second kappa shape index (κ2) is 7.50. The van der Waals surface area contributed by atoms with E-state index in [0.29, 0.717) is 22.8 Å². The Morgan fingerprint density at radius 2 is 1.29 bits per heavy atom. The lowest BCUT2D eigenvalue weighted by molar-refractivity contribution is 0.324. The van der Waals surface area contributed by atoms with Gasteiger partial charge in [0.05, 0.1) is 28.4 Å². The lowest BCUT2D eigenvalue weighted by Gasteiger charge is -2.13. The molecule has 0 bridgehead atoms. The summed E-state index contributed by atoms with van der Waals surface area (Å²) in [5, 5.41) is 19.9. The molecule has 2 aromatic rings. The lowest BCUT2D eigenvalue weighted by atomic mass is 10.1. The third kappa shape index (κ3) is 3.32. The first-order valence-corrected chi connectivity index (χ1v) is 7.12. The Balaban J connectivity index is 2.41. The van der Waals surface area contributed by atoms with Gasteiger partial charge in [-0.3, -0.25) is 0 Å². The zero-order valence-electron chi connectivity index (χ0n) is 14.0. The molecule has 6 heteroatoms. The fourth-order valence-electron chi connectivity index (χ4n) is 2.26. The molecule has 2 rings (SSSR count). The highest BCUT2D eigenvalue weighted by Gasteiger charge is 2.13. The van der Waals surface area contributed by atoms with Gasteiger partial charge in [-0.1, -0.05) is 12.2 Å². The van der Waals surface area contributed by atoms with Gasteiger partial charge in [0.25, 0.3) is 0 Å². The summed E-state index contributed by atoms with van der Waals surface area (Å²) >= 11 is 0. The van der Waals surface area contributed by atoms with E-state index in [0.717, 1.165) is 5.56 Å². The average molecular weight is 332 g/mol. The number of benzene rings is 2. The number of rotatable bonds is 6. The Morgan fingerprint density at radius 3 is 1.79 bits per heavy atom. The fraction of sp³-hybridized carbons (Fsp3) is 0.222. The summed E-state index contributed by atoms with van der Waals surface area (Å²) in [4.78, 5) is 0. The Bertz CT molecular complexity index is 726. The van der Waals surface area contributed by atoms with Crippen molar-refractivity contribution in [1.29, 1.82) is 0 Å². The lowest BCUT2D eigenvalue weighted by Crippen LogP contribution is -1.95. The van der Waals surface area contributed by atoms with Crippen LogP contribution in [0.5, 0.6) is 34.5 Å². The molecule has 0 spiro atoms. The van der Waals surface area contributed by atoms with Gasteiger partial charge in [-0.25, -0.2) is 0 Å². The van der Waals surface area contributed by atoms with Crippen LogP contribution in [0.2, 0.25) is 0 Å². The van der Waals surface area contributed by atoms with Gasteiger partial charge >= 0.3 is 0 Å². The molecule has 0 atom stereocenters. The minimum atomic E-state index is -0.301. The van der Waals surface area contributed by atoms with Crippen LogP contribution < -0.4 is 18.9 Å². The monoisotopic (exact) mass is 332 g/mol. The second-order valence-corrected chi connectivity index (χ2v) is 4.85. The number of phenols is 2.